The Labute approximate surface area is 230 Å². The highest BCUT2D eigenvalue weighted by Crippen LogP contribution is 2.71. The molecule has 39 heavy (non-hydrogen) atoms. The summed E-state index contributed by atoms with van der Waals surface area (Å²) in [6, 6.07) is 7.94. The molecular formula is C32H41NO6. The van der Waals surface area contributed by atoms with Crippen LogP contribution in [-0.2, 0) is 16.0 Å². The number of rotatable bonds is 3. The van der Waals surface area contributed by atoms with Crippen LogP contribution in [0.1, 0.15) is 64.1 Å². The first-order valence-electron chi connectivity index (χ1n) is 14.4. The average molecular weight is 536 g/mol. The molecule has 0 saturated heterocycles. The molecule has 1 amide bonds. The van der Waals surface area contributed by atoms with E-state index in [1.165, 1.54) is 5.56 Å². The number of hydrogen-bond donors (Lipinski definition) is 3. The molecule has 210 valence electrons. The molecule has 9 atom stereocenters. The Morgan fingerprint density at radius 1 is 1.23 bits per heavy atom. The Balaban J connectivity index is 1.38. The van der Waals surface area contributed by atoms with Gasteiger partial charge in [-0.3, -0.25) is 4.79 Å². The predicted octanol–water partition coefficient (Wildman–Crippen LogP) is 3.97. The maximum Gasteiger partial charge on any atom is 0.410 e. The molecule has 1 unspecified atom stereocenters. The molecule has 2 fully saturated rings. The summed E-state index contributed by atoms with van der Waals surface area (Å²) in [5.74, 6) is -0.594. The number of fused-ring (bicyclic) bond motifs is 4. The van der Waals surface area contributed by atoms with Crippen molar-refractivity contribution in [2.24, 2.45) is 34.5 Å². The Kier molecular flexibility index (Phi) is 6.00. The fourth-order valence-electron chi connectivity index (χ4n) is 9.04. The number of aliphatic hydroxyl groups excluding tert-OH is 2. The van der Waals surface area contributed by atoms with Crippen molar-refractivity contribution in [3.8, 4) is 0 Å². The second-order valence-corrected chi connectivity index (χ2v) is 13.3. The maximum atomic E-state index is 14.5. The van der Waals surface area contributed by atoms with E-state index in [1.54, 1.807) is 31.0 Å². The van der Waals surface area contributed by atoms with Crippen molar-refractivity contribution >= 4 is 11.9 Å². The lowest BCUT2D eigenvalue weighted by molar-refractivity contribution is -0.191. The summed E-state index contributed by atoms with van der Waals surface area (Å²) in [5.41, 5.74) is -0.525. The summed E-state index contributed by atoms with van der Waals surface area (Å²) >= 11 is 0. The van der Waals surface area contributed by atoms with Crippen molar-refractivity contribution in [3.63, 3.8) is 0 Å². The molecule has 2 saturated carbocycles. The fourth-order valence-corrected chi connectivity index (χ4v) is 9.04. The summed E-state index contributed by atoms with van der Waals surface area (Å²) in [4.78, 5) is 29.8. The first kappa shape index (κ1) is 26.7. The van der Waals surface area contributed by atoms with E-state index in [0.29, 0.717) is 11.5 Å². The Bertz CT molecular complexity index is 1280. The minimum absolute atomic E-state index is 0.0388. The summed E-state index contributed by atoms with van der Waals surface area (Å²) in [7, 11) is 1.70. The number of Topliss-reactive ketones (excluding diaryl/α,β-unsaturated/α-hetero) is 1. The third-order valence-corrected chi connectivity index (χ3v) is 11.2. The SMILES string of the molecule is CC1=C[C@]23C(=O)[C@@H](C=C(CO)[C@@H](O)[C@]2(O)[C@H]1OC(=O)N(C)C1CCCc2ccccc21)[C@H]1[C@@H](C[C@H]3C)C1(C)C. The zero-order valence-electron chi connectivity index (χ0n) is 23.6. The average Bonchev–Trinajstić information content (AvgIpc) is 3.41. The zero-order chi connectivity index (χ0) is 28.1. The quantitative estimate of drug-likeness (QED) is 0.506. The molecule has 0 aliphatic heterocycles. The van der Waals surface area contributed by atoms with E-state index < -0.39 is 41.8 Å². The van der Waals surface area contributed by atoms with Crippen LogP contribution in [0.15, 0.2) is 47.6 Å². The molecule has 5 aliphatic carbocycles. The van der Waals surface area contributed by atoms with Gasteiger partial charge in [-0.05, 0) is 78.0 Å². The van der Waals surface area contributed by atoms with Gasteiger partial charge in [-0.1, -0.05) is 57.2 Å². The predicted molar refractivity (Wildman–Crippen MR) is 146 cm³/mol. The minimum Gasteiger partial charge on any atom is -0.438 e. The molecule has 0 heterocycles. The lowest BCUT2D eigenvalue weighted by Gasteiger charge is -2.49. The molecule has 7 heteroatoms. The summed E-state index contributed by atoms with van der Waals surface area (Å²) in [6.45, 7) is 7.56. The minimum atomic E-state index is -2.13. The van der Waals surface area contributed by atoms with Crippen molar-refractivity contribution in [1.82, 2.24) is 4.90 Å². The topological polar surface area (TPSA) is 107 Å². The number of benzene rings is 1. The van der Waals surface area contributed by atoms with E-state index in [1.807, 2.05) is 25.1 Å². The van der Waals surface area contributed by atoms with Gasteiger partial charge in [0.25, 0.3) is 0 Å². The highest BCUT2D eigenvalue weighted by Gasteiger charge is 2.76. The van der Waals surface area contributed by atoms with Crippen molar-refractivity contribution < 1.29 is 29.6 Å². The largest absolute Gasteiger partial charge is 0.438 e. The number of aliphatic hydroxyl groups is 3. The first-order valence-corrected chi connectivity index (χ1v) is 14.4. The van der Waals surface area contributed by atoms with Gasteiger partial charge in [-0.15, -0.1) is 0 Å². The summed E-state index contributed by atoms with van der Waals surface area (Å²) in [5, 5.41) is 34.6. The maximum absolute atomic E-state index is 14.5. The number of carbonyl (C=O) groups excluding carboxylic acids is 2. The van der Waals surface area contributed by atoms with E-state index >= 15 is 0 Å². The summed E-state index contributed by atoms with van der Waals surface area (Å²) < 4.78 is 6.10. The van der Waals surface area contributed by atoms with E-state index in [2.05, 4.69) is 19.9 Å². The van der Waals surface area contributed by atoms with Gasteiger partial charge in [0.15, 0.2) is 17.5 Å². The molecule has 0 aromatic heterocycles. The van der Waals surface area contributed by atoms with Crippen LogP contribution in [0.5, 0.6) is 0 Å². The highest BCUT2D eigenvalue weighted by molar-refractivity contribution is 5.95. The van der Waals surface area contributed by atoms with Crippen molar-refractivity contribution in [2.75, 3.05) is 13.7 Å². The van der Waals surface area contributed by atoms with Gasteiger partial charge in [-0.2, -0.15) is 0 Å². The monoisotopic (exact) mass is 535 g/mol. The Morgan fingerprint density at radius 2 is 1.95 bits per heavy atom. The van der Waals surface area contributed by atoms with Crippen molar-refractivity contribution in [3.05, 3.63) is 58.7 Å². The third kappa shape index (κ3) is 3.39. The van der Waals surface area contributed by atoms with Crippen LogP contribution < -0.4 is 0 Å². The van der Waals surface area contributed by atoms with Crippen LogP contribution >= 0.6 is 0 Å². The van der Waals surface area contributed by atoms with Gasteiger partial charge in [0.2, 0.25) is 0 Å². The second kappa shape index (κ2) is 8.76. The van der Waals surface area contributed by atoms with E-state index in [-0.39, 0.29) is 34.6 Å². The van der Waals surface area contributed by atoms with Gasteiger partial charge in [0.05, 0.1) is 18.1 Å². The van der Waals surface area contributed by atoms with Gasteiger partial charge >= 0.3 is 6.09 Å². The lowest BCUT2D eigenvalue weighted by Crippen LogP contribution is -2.66. The van der Waals surface area contributed by atoms with Crippen LogP contribution in [0, 0.1) is 34.5 Å². The van der Waals surface area contributed by atoms with Gasteiger partial charge in [0, 0.05) is 13.0 Å². The smallest absolute Gasteiger partial charge is 0.410 e. The lowest BCUT2D eigenvalue weighted by atomic mass is 9.59. The molecule has 2 bridgehead atoms. The number of carbonyl (C=O) groups is 2. The fraction of sp³-hybridized carbons (Fsp3) is 0.625. The number of ether oxygens (including phenoxy) is 1. The van der Waals surface area contributed by atoms with Crippen molar-refractivity contribution in [1.29, 1.82) is 0 Å². The van der Waals surface area contributed by atoms with E-state index in [0.717, 1.165) is 31.2 Å². The van der Waals surface area contributed by atoms with Crippen LogP contribution in [0.2, 0.25) is 0 Å². The van der Waals surface area contributed by atoms with Gasteiger partial charge in [0.1, 0.15) is 6.10 Å². The van der Waals surface area contributed by atoms with Crippen molar-refractivity contribution in [2.45, 2.75) is 77.2 Å². The molecule has 5 aliphatic rings. The van der Waals surface area contributed by atoms with Crippen LogP contribution in [0.25, 0.3) is 0 Å². The number of ketones is 1. The first-order chi connectivity index (χ1) is 18.4. The molecule has 7 nitrogen and oxygen atoms in total. The second-order valence-electron chi connectivity index (χ2n) is 13.3. The van der Waals surface area contributed by atoms with E-state index in [4.69, 9.17) is 4.74 Å². The standard InChI is InChI=1S/C32H41NO6/c1-17-15-31-18(2)13-23-25(30(23,3)4)22(27(31)36)14-20(16-34)26(35)32(31,38)28(17)39-29(37)33(5)24-12-8-10-19-9-6-7-11-21(19)24/h6-7,9,11,14-15,18,22-26,28,34-35,38H,8,10,12-13,16H2,1-5H3/t18-,22+,23-,24?,25+,26-,28+,31+,32+/m1/s1. The Hall–Kier alpha value is -2.48. The molecule has 1 aromatic rings. The number of hydrogen-bond acceptors (Lipinski definition) is 6. The summed E-state index contributed by atoms with van der Waals surface area (Å²) in [6.07, 6.45) is 3.49. The number of allylic oxidation sites excluding steroid dienone is 1. The normalized spacial score (nSPS) is 41.6. The van der Waals surface area contributed by atoms with Crippen LogP contribution in [0.3, 0.4) is 0 Å². The molecule has 1 spiro atoms. The Morgan fingerprint density at radius 3 is 2.67 bits per heavy atom. The third-order valence-electron chi connectivity index (χ3n) is 11.2. The molecule has 0 radical (unpaired) electrons. The number of aryl methyl sites for hydroxylation is 1. The van der Waals surface area contributed by atoms with Crippen LogP contribution in [-0.4, -0.2) is 63.6 Å². The molecule has 3 N–H and O–H groups in total. The van der Waals surface area contributed by atoms with Gasteiger partial charge < -0.3 is 25.0 Å². The molecule has 6 rings (SSSR count). The molecule has 1 aromatic carbocycles. The highest BCUT2D eigenvalue weighted by atomic mass is 16.6. The number of nitrogens with zero attached hydrogens (tertiary/aromatic N) is 1. The zero-order valence-corrected chi connectivity index (χ0v) is 23.6. The van der Waals surface area contributed by atoms with E-state index in [9.17, 15) is 24.9 Å². The number of amides is 1. The van der Waals surface area contributed by atoms with Crippen LogP contribution in [0.4, 0.5) is 4.79 Å². The van der Waals surface area contributed by atoms with Gasteiger partial charge in [-0.25, -0.2) is 4.79 Å². The molecular weight excluding hydrogens is 494 g/mol.